The van der Waals surface area contributed by atoms with Crippen LogP contribution in [0.2, 0.25) is 0 Å². The third-order valence-electron chi connectivity index (χ3n) is 4.87. The summed E-state index contributed by atoms with van der Waals surface area (Å²) in [6.45, 7) is 4.84. The highest BCUT2D eigenvalue weighted by molar-refractivity contribution is 6.29. The van der Waals surface area contributed by atoms with Crippen molar-refractivity contribution in [1.82, 2.24) is 9.96 Å². The van der Waals surface area contributed by atoms with Gasteiger partial charge in [-0.2, -0.15) is 0 Å². The van der Waals surface area contributed by atoms with Gasteiger partial charge in [0.15, 0.2) is 0 Å². The van der Waals surface area contributed by atoms with Gasteiger partial charge in [-0.15, -0.1) is 5.06 Å². The standard InChI is InChI=1S/C23H28N2O5/c1-18-8-9-21(20(16-18)17-19-6-4-3-5-7-19)28-14-15-29-22(26)23(27)30-25-12-10-24(2)11-13-25/h3-9,16H,10-15,17H2,1-2H3. The molecule has 7 heteroatoms. The lowest BCUT2D eigenvalue weighted by atomic mass is 10.0. The van der Waals surface area contributed by atoms with Crippen molar-refractivity contribution in [2.45, 2.75) is 13.3 Å². The highest BCUT2D eigenvalue weighted by Gasteiger charge is 2.24. The molecule has 7 nitrogen and oxygen atoms in total. The van der Waals surface area contributed by atoms with E-state index in [-0.39, 0.29) is 13.2 Å². The molecule has 1 aliphatic heterocycles. The number of carbonyl (C=O) groups excluding carboxylic acids is 2. The maximum atomic E-state index is 11.9. The molecular weight excluding hydrogens is 384 g/mol. The summed E-state index contributed by atoms with van der Waals surface area (Å²) >= 11 is 0. The largest absolute Gasteiger partial charge is 0.490 e. The van der Waals surface area contributed by atoms with Crippen molar-refractivity contribution in [3.63, 3.8) is 0 Å². The predicted molar refractivity (Wildman–Crippen MR) is 112 cm³/mol. The topological polar surface area (TPSA) is 68.3 Å². The van der Waals surface area contributed by atoms with Crippen LogP contribution >= 0.6 is 0 Å². The quantitative estimate of drug-likeness (QED) is 0.392. The summed E-state index contributed by atoms with van der Waals surface area (Å²) in [5.41, 5.74) is 3.39. The summed E-state index contributed by atoms with van der Waals surface area (Å²) in [7, 11) is 1.99. The highest BCUT2D eigenvalue weighted by atomic mass is 16.7. The van der Waals surface area contributed by atoms with Gasteiger partial charge in [0.05, 0.1) is 0 Å². The van der Waals surface area contributed by atoms with Gasteiger partial charge in [-0.1, -0.05) is 48.0 Å². The van der Waals surface area contributed by atoms with Gasteiger partial charge in [0.2, 0.25) is 0 Å². The van der Waals surface area contributed by atoms with E-state index < -0.39 is 11.9 Å². The van der Waals surface area contributed by atoms with Gasteiger partial charge in [0.1, 0.15) is 19.0 Å². The third kappa shape index (κ3) is 6.57. The minimum absolute atomic E-state index is 0.0324. The maximum Gasteiger partial charge on any atom is 0.436 e. The zero-order valence-electron chi connectivity index (χ0n) is 17.5. The van der Waals surface area contributed by atoms with Crippen LogP contribution in [0, 0.1) is 6.92 Å². The van der Waals surface area contributed by atoms with E-state index in [1.165, 1.54) is 10.6 Å². The summed E-state index contributed by atoms with van der Waals surface area (Å²) in [6.07, 6.45) is 0.745. The molecule has 0 unspecified atom stereocenters. The first-order valence-electron chi connectivity index (χ1n) is 10.1. The molecule has 0 radical (unpaired) electrons. The lowest BCUT2D eigenvalue weighted by Gasteiger charge is -2.30. The number of likely N-dealkylation sites (N-methyl/N-ethyl adjacent to an activating group) is 1. The number of benzene rings is 2. The first-order chi connectivity index (χ1) is 14.5. The fraction of sp³-hybridized carbons (Fsp3) is 0.391. The SMILES string of the molecule is Cc1ccc(OCCOC(=O)C(=O)ON2CCN(C)CC2)c(Cc2ccccc2)c1. The number of aryl methyl sites for hydroxylation is 1. The average Bonchev–Trinajstić information content (AvgIpc) is 2.74. The van der Waals surface area contributed by atoms with Crippen LogP contribution in [0.25, 0.3) is 0 Å². The smallest absolute Gasteiger partial charge is 0.436 e. The van der Waals surface area contributed by atoms with Crippen molar-refractivity contribution >= 4 is 11.9 Å². The monoisotopic (exact) mass is 412 g/mol. The lowest BCUT2D eigenvalue weighted by molar-refractivity contribution is -0.204. The van der Waals surface area contributed by atoms with E-state index in [0.29, 0.717) is 13.1 Å². The molecule has 1 fully saturated rings. The van der Waals surface area contributed by atoms with Crippen LogP contribution in [0.1, 0.15) is 16.7 Å². The fourth-order valence-corrected chi connectivity index (χ4v) is 3.18. The normalized spacial score (nSPS) is 14.9. The zero-order valence-corrected chi connectivity index (χ0v) is 17.5. The number of hydroxylamine groups is 2. The molecule has 0 N–H and O–H groups in total. The Kier molecular flexibility index (Phi) is 7.82. The molecule has 3 rings (SSSR count). The Balaban J connectivity index is 1.44. The predicted octanol–water partition coefficient (Wildman–Crippen LogP) is 2.21. The number of hydrogen-bond acceptors (Lipinski definition) is 7. The Labute approximate surface area is 177 Å². The minimum atomic E-state index is -1.01. The number of nitrogens with zero attached hydrogens (tertiary/aromatic N) is 2. The molecule has 0 spiro atoms. The van der Waals surface area contributed by atoms with Gasteiger partial charge in [0.25, 0.3) is 0 Å². The Morgan fingerprint density at radius 2 is 1.67 bits per heavy atom. The molecule has 1 heterocycles. The first-order valence-corrected chi connectivity index (χ1v) is 10.1. The number of carbonyl (C=O) groups is 2. The molecule has 2 aromatic rings. The van der Waals surface area contributed by atoms with Crippen LogP contribution in [0.15, 0.2) is 48.5 Å². The van der Waals surface area contributed by atoms with Crippen LogP contribution in [-0.2, 0) is 25.6 Å². The van der Waals surface area contributed by atoms with Crippen molar-refractivity contribution in [2.75, 3.05) is 46.4 Å². The molecule has 1 saturated heterocycles. The van der Waals surface area contributed by atoms with Gasteiger partial charge in [-0.25, -0.2) is 9.59 Å². The van der Waals surface area contributed by atoms with Crippen molar-refractivity contribution in [1.29, 1.82) is 0 Å². The zero-order chi connectivity index (χ0) is 21.3. The van der Waals surface area contributed by atoms with E-state index in [1.54, 1.807) is 0 Å². The molecule has 0 saturated carbocycles. The van der Waals surface area contributed by atoms with Crippen molar-refractivity contribution in [2.24, 2.45) is 0 Å². The molecule has 0 amide bonds. The number of rotatable bonds is 7. The summed E-state index contributed by atoms with van der Waals surface area (Å²) in [5, 5.41) is 1.49. The van der Waals surface area contributed by atoms with E-state index >= 15 is 0 Å². The Bertz CT molecular complexity index is 848. The van der Waals surface area contributed by atoms with E-state index in [4.69, 9.17) is 14.3 Å². The minimum Gasteiger partial charge on any atom is -0.490 e. The van der Waals surface area contributed by atoms with Crippen LogP contribution in [0.5, 0.6) is 5.75 Å². The lowest BCUT2D eigenvalue weighted by Crippen LogP contribution is -2.46. The second kappa shape index (κ2) is 10.8. The molecular formula is C23H28N2O5. The number of hydrogen-bond donors (Lipinski definition) is 0. The summed E-state index contributed by atoms with van der Waals surface area (Å²) in [4.78, 5) is 30.9. The van der Waals surface area contributed by atoms with Crippen LogP contribution in [0.4, 0.5) is 0 Å². The summed E-state index contributed by atoms with van der Waals surface area (Å²) in [6, 6.07) is 16.1. The molecule has 0 aromatic heterocycles. The maximum absolute atomic E-state index is 11.9. The first kappa shape index (κ1) is 21.8. The summed E-state index contributed by atoms with van der Waals surface area (Å²) in [5.74, 6) is -1.27. The van der Waals surface area contributed by atoms with Crippen LogP contribution in [-0.4, -0.2) is 68.3 Å². The number of piperazine rings is 1. The molecule has 0 atom stereocenters. The van der Waals surface area contributed by atoms with Crippen molar-refractivity contribution < 1.29 is 23.9 Å². The Hall–Kier alpha value is -2.90. The number of ether oxygens (including phenoxy) is 2. The number of esters is 1. The van der Waals surface area contributed by atoms with Crippen LogP contribution < -0.4 is 4.74 Å². The average molecular weight is 412 g/mol. The van der Waals surface area contributed by atoms with Crippen molar-refractivity contribution in [3.8, 4) is 5.75 Å². The fourth-order valence-electron chi connectivity index (χ4n) is 3.18. The molecule has 1 aliphatic rings. The molecule has 0 aliphatic carbocycles. The Morgan fingerprint density at radius 3 is 2.40 bits per heavy atom. The summed E-state index contributed by atoms with van der Waals surface area (Å²) < 4.78 is 10.8. The van der Waals surface area contributed by atoms with E-state index in [0.717, 1.165) is 36.4 Å². The van der Waals surface area contributed by atoms with Gasteiger partial charge in [0, 0.05) is 32.6 Å². The Morgan fingerprint density at radius 1 is 0.933 bits per heavy atom. The second-order valence-electron chi connectivity index (χ2n) is 7.37. The van der Waals surface area contributed by atoms with Crippen LogP contribution in [0.3, 0.4) is 0 Å². The third-order valence-corrected chi connectivity index (χ3v) is 4.87. The van der Waals surface area contributed by atoms with E-state index in [9.17, 15) is 9.59 Å². The second-order valence-corrected chi connectivity index (χ2v) is 7.37. The van der Waals surface area contributed by atoms with E-state index in [1.807, 2.05) is 44.3 Å². The van der Waals surface area contributed by atoms with Crippen molar-refractivity contribution in [3.05, 3.63) is 65.2 Å². The molecule has 30 heavy (non-hydrogen) atoms. The van der Waals surface area contributed by atoms with Gasteiger partial charge >= 0.3 is 11.9 Å². The highest BCUT2D eigenvalue weighted by Crippen LogP contribution is 2.23. The van der Waals surface area contributed by atoms with Gasteiger partial charge in [-0.3, -0.25) is 0 Å². The van der Waals surface area contributed by atoms with E-state index in [2.05, 4.69) is 23.1 Å². The van der Waals surface area contributed by atoms with Gasteiger partial charge in [-0.05, 0) is 31.2 Å². The molecule has 160 valence electrons. The van der Waals surface area contributed by atoms with Gasteiger partial charge < -0.3 is 19.2 Å². The molecule has 2 aromatic carbocycles. The molecule has 0 bridgehead atoms.